The number of nitrogens with zero attached hydrogens (tertiary/aromatic N) is 2. The van der Waals surface area contributed by atoms with E-state index in [2.05, 4.69) is 15.7 Å². The first-order valence-corrected chi connectivity index (χ1v) is 11.1. The number of carbonyl (C=O) groups excluding carboxylic acids is 2. The molecule has 2 amide bonds. The lowest BCUT2D eigenvalue weighted by Crippen LogP contribution is -2.30. The molecule has 0 spiro atoms. The molecular formula is C24H26N4O4. The molecule has 2 aromatic heterocycles. The Morgan fingerprint density at radius 2 is 2.00 bits per heavy atom. The summed E-state index contributed by atoms with van der Waals surface area (Å²) in [6, 6.07) is 7.66. The van der Waals surface area contributed by atoms with Gasteiger partial charge < -0.3 is 20.1 Å². The van der Waals surface area contributed by atoms with Crippen molar-refractivity contribution in [2.45, 2.75) is 51.5 Å². The largest absolute Gasteiger partial charge is 0.462 e. The van der Waals surface area contributed by atoms with E-state index in [0.717, 1.165) is 48.0 Å². The Hall–Kier alpha value is -3.55. The summed E-state index contributed by atoms with van der Waals surface area (Å²) >= 11 is 0. The van der Waals surface area contributed by atoms with Crippen LogP contribution in [0.25, 0.3) is 5.52 Å². The number of benzene rings is 1. The number of hydrogen-bond acceptors (Lipinski definition) is 5. The van der Waals surface area contributed by atoms with E-state index in [1.54, 1.807) is 29.9 Å². The molecule has 8 nitrogen and oxygen atoms in total. The van der Waals surface area contributed by atoms with Gasteiger partial charge >= 0.3 is 12.0 Å². The highest BCUT2D eigenvalue weighted by atomic mass is 16.5. The molecule has 0 saturated heterocycles. The number of carbonyl (C=O) groups is 2. The number of rotatable bonds is 7. The smallest absolute Gasteiger partial charge is 0.340 e. The number of urea groups is 1. The average Bonchev–Trinajstić information content (AvgIpc) is 3.69. The van der Waals surface area contributed by atoms with Gasteiger partial charge in [0.1, 0.15) is 11.3 Å². The standard InChI is InChI=1S/C24H26N4O4/c1-3-31-23(29)19-13-28-22(14(19)2)21(10-11-25-28)32-17-8-9-20(18(12-17)15-4-5-15)27-24(30)26-16-6-7-16/h8-13,15-16H,3-7H2,1-2H3,(H2,26,27,30). The third-order valence-corrected chi connectivity index (χ3v) is 5.81. The summed E-state index contributed by atoms with van der Waals surface area (Å²) in [5.74, 6) is 1.32. The van der Waals surface area contributed by atoms with Gasteiger partial charge in [0.05, 0.1) is 18.4 Å². The van der Waals surface area contributed by atoms with Crippen LogP contribution in [0.1, 0.15) is 60.0 Å². The fourth-order valence-corrected chi connectivity index (χ4v) is 3.87. The van der Waals surface area contributed by atoms with Crippen molar-refractivity contribution in [3.63, 3.8) is 0 Å². The fourth-order valence-electron chi connectivity index (χ4n) is 3.87. The molecule has 166 valence electrons. The number of hydrogen-bond donors (Lipinski definition) is 2. The van der Waals surface area contributed by atoms with Crippen LogP contribution in [0.15, 0.2) is 36.7 Å². The lowest BCUT2D eigenvalue weighted by molar-refractivity contribution is 0.0525. The zero-order valence-electron chi connectivity index (χ0n) is 18.2. The molecule has 0 unspecified atom stereocenters. The molecule has 1 aromatic carbocycles. The Bertz CT molecular complexity index is 1190. The SMILES string of the molecule is CCOC(=O)c1cn2nccc(Oc3ccc(NC(=O)NC4CC4)c(C4CC4)c3)c2c1C. The van der Waals surface area contributed by atoms with E-state index in [4.69, 9.17) is 9.47 Å². The van der Waals surface area contributed by atoms with Crippen molar-refractivity contribution in [1.29, 1.82) is 0 Å². The van der Waals surface area contributed by atoms with E-state index in [1.807, 2.05) is 25.1 Å². The van der Waals surface area contributed by atoms with Crippen LogP contribution in [-0.2, 0) is 4.74 Å². The van der Waals surface area contributed by atoms with Crippen LogP contribution >= 0.6 is 0 Å². The average molecular weight is 434 g/mol. The molecule has 2 aliphatic rings. The first-order chi connectivity index (χ1) is 15.5. The van der Waals surface area contributed by atoms with E-state index in [0.29, 0.717) is 35.6 Å². The highest BCUT2D eigenvalue weighted by Gasteiger charge is 2.29. The minimum Gasteiger partial charge on any atom is -0.462 e. The summed E-state index contributed by atoms with van der Waals surface area (Å²) in [6.45, 7) is 3.95. The maximum Gasteiger partial charge on any atom is 0.340 e. The molecule has 0 aliphatic heterocycles. The molecule has 2 fully saturated rings. The second-order valence-corrected chi connectivity index (χ2v) is 8.38. The summed E-state index contributed by atoms with van der Waals surface area (Å²) in [5.41, 5.74) is 3.84. The van der Waals surface area contributed by atoms with Crippen LogP contribution in [0.5, 0.6) is 11.5 Å². The number of aryl methyl sites for hydroxylation is 1. The number of ether oxygens (including phenoxy) is 2. The molecule has 0 bridgehead atoms. The van der Waals surface area contributed by atoms with Gasteiger partial charge in [-0.3, -0.25) is 0 Å². The van der Waals surface area contributed by atoms with Gasteiger partial charge in [0.15, 0.2) is 5.75 Å². The number of fused-ring (bicyclic) bond motifs is 1. The minimum atomic E-state index is -0.377. The summed E-state index contributed by atoms with van der Waals surface area (Å²) in [5, 5.41) is 10.3. The van der Waals surface area contributed by atoms with Crippen molar-refractivity contribution in [2.24, 2.45) is 0 Å². The van der Waals surface area contributed by atoms with E-state index < -0.39 is 0 Å². The molecule has 2 saturated carbocycles. The van der Waals surface area contributed by atoms with E-state index in [9.17, 15) is 9.59 Å². The van der Waals surface area contributed by atoms with Crippen LogP contribution in [0.4, 0.5) is 10.5 Å². The van der Waals surface area contributed by atoms with Gasteiger partial charge in [-0.25, -0.2) is 14.1 Å². The van der Waals surface area contributed by atoms with Gasteiger partial charge in [0.2, 0.25) is 0 Å². The highest BCUT2D eigenvalue weighted by molar-refractivity contribution is 5.94. The summed E-state index contributed by atoms with van der Waals surface area (Å²) < 4.78 is 13.0. The highest BCUT2D eigenvalue weighted by Crippen LogP contribution is 2.45. The first-order valence-electron chi connectivity index (χ1n) is 11.1. The third-order valence-electron chi connectivity index (χ3n) is 5.81. The Labute approximate surface area is 185 Å². The topological polar surface area (TPSA) is 94.0 Å². The molecule has 2 aliphatic carbocycles. The van der Waals surface area contributed by atoms with E-state index in [1.165, 1.54) is 0 Å². The van der Waals surface area contributed by atoms with E-state index in [-0.39, 0.29) is 12.0 Å². The van der Waals surface area contributed by atoms with Gasteiger partial charge in [-0.2, -0.15) is 5.10 Å². The van der Waals surface area contributed by atoms with E-state index >= 15 is 0 Å². The monoisotopic (exact) mass is 434 g/mol. The molecular weight excluding hydrogens is 408 g/mol. The maximum absolute atomic E-state index is 12.3. The second-order valence-electron chi connectivity index (χ2n) is 8.38. The summed E-state index contributed by atoms with van der Waals surface area (Å²) in [6.07, 6.45) is 7.60. The number of anilines is 1. The van der Waals surface area contributed by atoms with Gasteiger partial charge in [-0.05, 0) is 74.8 Å². The zero-order valence-corrected chi connectivity index (χ0v) is 18.2. The third kappa shape index (κ3) is 4.12. The molecule has 3 aromatic rings. The van der Waals surface area contributed by atoms with Crippen LogP contribution < -0.4 is 15.4 Å². The predicted molar refractivity (Wildman–Crippen MR) is 120 cm³/mol. The van der Waals surface area contributed by atoms with Crippen molar-refractivity contribution in [2.75, 3.05) is 11.9 Å². The summed E-state index contributed by atoms with van der Waals surface area (Å²) in [4.78, 5) is 24.5. The number of nitrogens with one attached hydrogen (secondary N) is 2. The van der Waals surface area contributed by atoms with Crippen molar-refractivity contribution < 1.29 is 19.1 Å². The molecule has 2 N–H and O–H groups in total. The van der Waals surface area contributed by atoms with Crippen LogP contribution in [-0.4, -0.2) is 34.3 Å². The van der Waals surface area contributed by atoms with Crippen molar-refractivity contribution in [1.82, 2.24) is 14.9 Å². The lowest BCUT2D eigenvalue weighted by Gasteiger charge is -2.14. The van der Waals surface area contributed by atoms with Crippen molar-refractivity contribution in [3.05, 3.63) is 53.3 Å². The van der Waals surface area contributed by atoms with Crippen molar-refractivity contribution in [3.8, 4) is 11.5 Å². The van der Waals surface area contributed by atoms with Crippen LogP contribution in [0.2, 0.25) is 0 Å². The van der Waals surface area contributed by atoms with Gasteiger partial charge in [0, 0.05) is 24.0 Å². The Morgan fingerprint density at radius 3 is 2.72 bits per heavy atom. The fraction of sp³-hybridized carbons (Fsp3) is 0.375. The van der Waals surface area contributed by atoms with Crippen LogP contribution in [0.3, 0.4) is 0 Å². The van der Waals surface area contributed by atoms with Crippen LogP contribution in [0, 0.1) is 6.92 Å². The van der Waals surface area contributed by atoms with Crippen molar-refractivity contribution >= 4 is 23.2 Å². The number of esters is 1. The molecule has 2 heterocycles. The quantitative estimate of drug-likeness (QED) is 0.522. The maximum atomic E-state index is 12.3. The van der Waals surface area contributed by atoms with Gasteiger partial charge in [0.25, 0.3) is 0 Å². The minimum absolute atomic E-state index is 0.158. The Morgan fingerprint density at radius 1 is 1.19 bits per heavy atom. The second kappa shape index (κ2) is 8.18. The normalized spacial score (nSPS) is 15.4. The predicted octanol–water partition coefficient (Wildman–Crippen LogP) is 4.77. The molecule has 8 heteroatoms. The number of aromatic nitrogens is 2. The Balaban J connectivity index is 1.42. The number of amides is 2. The summed E-state index contributed by atoms with van der Waals surface area (Å²) in [7, 11) is 0. The molecule has 5 rings (SSSR count). The lowest BCUT2D eigenvalue weighted by atomic mass is 10.1. The first kappa shape index (κ1) is 20.4. The Kier molecular flexibility index (Phi) is 5.20. The van der Waals surface area contributed by atoms with Gasteiger partial charge in [-0.15, -0.1) is 0 Å². The van der Waals surface area contributed by atoms with Gasteiger partial charge in [-0.1, -0.05) is 0 Å². The zero-order chi connectivity index (χ0) is 22.2. The molecule has 0 radical (unpaired) electrons. The molecule has 32 heavy (non-hydrogen) atoms. The molecule has 0 atom stereocenters.